The summed E-state index contributed by atoms with van der Waals surface area (Å²) >= 11 is 0. The van der Waals surface area contributed by atoms with Gasteiger partial charge in [-0.1, -0.05) is 0 Å². The summed E-state index contributed by atoms with van der Waals surface area (Å²) in [5.74, 6) is 1.03. The van der Waals surface area contributed by atoms with E-state index in [4.69, 9.17) is 4.74 Å². The van der Waals surface area contributed by atoms with E-state index in [2.05, 4.69) is 34.3 Å². The number of carbonyl (C=O) groups is 1. The van der Waals surface area contributed by atoms with Crippen LogP contribution in [0.1, 0.15) is 43.9 Å². The van der Waals surface area contributed by atoms with Crippen molar-refractivity contribution in [2.45, 2.75) is 51.7 Å². The van der Waals surface area contributed by atoms with Crippen molar-refractivity contribution in [1.82, 2.24) is 15.2 Å². The highest BCUT2D eigenvalue weighted by atomic mass is 16.5. The largest absolute Gasteiger partial charge is 0.377 e. The van der Waals surface area contributed by atoms with Crippen LogP contribution in [-0.4, -0.2) is 54.8 Å². The maximum Gasteiger partial charge on any atom is 0.317 e. The number of methoxy groups -OCH3 is 1. The molecule has 0 aliphatic carbocycles. The van der Waals surface area contributed by atoms with Gasteiger partial charge in [0.15, 0.2) is 0 Å². The first kappa shape index (κ1) is 18.0. The smallest absolute Gasteiger partial charge is 0.317 e. The van der Waals surface area contributed by atoms with Crippen molar-refractivity contribution in [2.75, 3.05) is 38.2 Å². The molecule has 1 aromatic rings. The Morgan fingerprint density at radius 2 is 2.04 bits per heavy atom. The molecule has 3 heterocycles. The van der Waals surface area contributed by atoms with Crippen LogP contribution in [0.2, 0.25) is 0 Å². The van der Waals surface area contributed by atoms with Crippen molar-refractivity contribution in [2.24, 2.45) is 0 Å². The summed E-state index contributed by atoms with van der Waals surface area (Å²) in [5.41, 5.74) is 1.87. The van der Waals surface area contributed by atoms with E-state index in [9.17, 15) is 4.79 Å². The van der Waals surface area contributed by atoms with Crippen molar-refractivity contribution in [1.29, 1.82) is 0 Å². The number of carbonyl (C=O) groups excluding carboxylic acids is 1. The number of rotatable bonds is 4. The van der Waals surface area contributed by atoms with Crippen LogP contribution in [0.4, 0.5) is 10.6 Å². The second-order valence-corrected chi connectivity index (χ2v) is 7.51. The van der Waals surface area contributed by atoms with Crippen LogP contribution in [0.5, 0.6) is 0 Å². The van der Waals surface area contributed by atoms with Gasteiger partial charge in [0.2, 0.25) is 0 Å². The summed E-state index contributed by atoms with van der Waals surface area (Å²) in [6.45, 7) is 8.20. The predicted octanol–water partition coefficient (Wildman–Crippen LogP) is 2.70. The average Bonchev–Trinajstić information content (AvgIpc) is 3.14. The number of anilines is 1. The number of nitrogens with one attached hydrogen (secondary N) is 1. The Kier molecular flexibility index (Phi) is 5.47. The first-order valence-corrected chi connectivity index (χ1v) is 9.29. The van der Waals surface area contributed by atoms with E-state index in [-0.39, 0.29) is 11.6 Å². The second kappa shape index (κ2) is 7.60. The Morgan fingerprint density at radius 1 is 1.28 bits per heavy atom. The zero-order valence-corrected chi connectivity index (χ0v) is 15.7. The highest BCUT2D eigenvalue weighted by Crippen LogP contribution is 2.24. The number of pyridine rings is 1. The van der Waals surface area contributed by atoms with Gasteiger partial charge in [0.1, 0.15) is 5.82 Å². The van der Waals surface area contributed by atoms with Gasteiger partial charge in [0.05, 0.1) is 12.1 Å². The highest BCUT2D eigenvalue weighted by molar-refractivity contribution is 5.74. The molecule has 2 fully saturated rings. The molecule has 2 amide bonds. The summed E-state index contributed by atoms with van der Waals surface area (Å²) in [7, 11) is 1.72. The number of likely N-dealkylation sites (tertiary alicyclic amines) is 1. The maximum atomic E-state index is 12.5. The molecule has 0 saturated carbocycles. The number of hydrogen-bond donors (Lipinski definition) is 1. The van der Waals surface area contributed by atoms with Crippen LogP contribution in [-0.2, 0) is 11.3 Å². The van der Waals surface area contributed by atoms with Gasteiger partial charge in [-0.05, 0) is 57.2 Å². The fourth-order valence-corrected chi connectivity index (χ4v) is 3.77. The summed E-state index contributed by atoms with van der Waals surface area (Å²) in [4.78, 5) is 21.4. The number of nitrogens with zero attached hydrogens (tertiary/aromatic N) is 3. The zero-order chi connectivity index (χ0) is 17.9. The lowest BCUT2D eigenvalue weighted by Gasteiger charge is -2.39. The van der Waals surface area contributed by atoms with Crippen molar-refractivity contribution in [3.05, 3.63) is 23.4 Å². The molecule has 0 bridgehead atoms. The molecular weight excluding hydrogens is 316 g/mol. The number of piperidine rings is 1. The molecule has 25 heavy (non-hydrogen) atoms. The Balaban J connectivity index is 1.60. The first-order chi connectivity index (χ1) is 12.0. The quantitative estimate of drug-likeness (QED) is 0.911. The summed E-state index contributed by atoms with van der Waals surface area (Å²) in [5, 5.41) is 3.06. The summed E-state index contributed by atoms with van der Waals surface area (Å²) in [6, 6.07) is 4.14. The Bertz CT molecular complexity index is 615. The number of amides is 2. The van der Waals surface area contributed by atoms with Gasteiger partial charge in [-0.2, -0.15) is 0 Å². The normalized spacial score (nSPS) is 23.8. The fourth-order valence-electron chi connectivity index (χ4n) is 3.77. The van der Waals surface area contributed by atoms with Crippen molar-refractivity contribution >= 4 is 11.8 Å². The Morgan fingerprint density at radius 3 is 2.76 bits per heavy atom. The molecule has 2 aliphatic rings. The van der Waals surface area contributed by atoms with E-state index in [0.717, 1.165) is 49.6 Å². The molecule has 138 valence electrons. The molecule has 2 saturated heterocycles. The number of ether oxygens (including phenoxy) is 1. The monoisotopic (exact) mass is 346 g/mol. The van der Waals surface area contributed by atoms with Crippen molar-refractivity contribution in [3.63, 3.8) is 0 Å². The van der Waals surface area contributed by atoms with Crippen molar-refractivity contribution < 1.29 is 9.53 Å². The molecule has 1 unspecified atom stereocenters. The number of aryl methyl sites for hydroxylation is 1. The number of aromatic nitrogens is 1. The molecule has 6 nitrogen and oxygen atoms in total. The summed E-state index contributed by atoms with van der Waals surface area (Å²) in [6.07, 6.45) is 4.44. The van der Waals surface area contributed by atoms with Crippen LogP contribution >= 0.6 is 0 Å². The molecule has 3 rings (SSSR count). The average molecular weight is 346 g/mol. The van der Waals surface area contributed by atoms with E-state index in [1.165, 1.54) is 12.8 Å². The lowest BCUT2D eigenvalue weighted by molar-refractivity contribution is -0.0401. The minimum atomic E-state index is -0.230. The molecule has 0 aromatic carbocycles. The van der Waals surface area contributed by atoms with Gasteiger partial charge in [-0.15, -0.1) is 0 Å². The fraction of sp³-hybridized carbons (Fsp3) is 0.684. The molecule has 6 heteroatoms. The molecule has 1 aromatic heterocycles. The van der Waals surface area contributed by atoms with Gasteiger partial charge in [0, 0.05) is 39.0 Å². The molecule has 1 atom stereocenters. The zero-order valence-electron chi connectivity index (χ0n) is 15.7. The van der Waals surface area contributed by atoms with Gasteiger partial charge >= 0.3 is 6.03 Å². The molecule has 0 spiro atoms. The van der Waals surface area contributed by atoms with E-state index < -0.39 is 0 Å². The summed E-state index contributed by atoms with van der Waals surface area (Å²) < 4.78 is 5.57. The minimum Gasteiger partial charge on any atom is -0.377 e. The molecule has 0 radical (unpaired) electrons. The maximum absolute atomic E-state index is 12.5. The third-order valence-corrected chi connectivity index (χ3v) is 5.31. The number of urea groups is 1. The van der Waals surface area contributed by atoms with Gasteiger partial charge in [-0.25, -0.2) is 9.78 Å². The minimum absolute atomic E-state index is 0.0137. The molecule has 1 N–H and O–H groups in total. The predicted molar refractivity (Wildman–Crippen MR) is 98.9 cm³/mol. The van der Waals surface area contributed by atoms with E-state index in [1.807, 2.05) is 11.8 Å². The van der Waals surface area contributed by atoms with E-state index in [0.29, 0.717) is 13.1 Å². The standard InChI is InChI=1S/C19H30N4O2/c1-15-11-16(12-17(21-15)22-8-4-5-9-22)13-20-18(24)23-10-6-7-19(2,14-23)25-3/h11-12H,4-10,13-14H2,1-3H3,(H,20,24). The van der Waals surface area contributed by atoms with Crippen LogP contribution < -0.4 is 10.2 Å². The number of hydrogen-bond acceptors (Lipinski definition) is 4. The van der Waals surface area contributed by atoms with Crippen molar-refractivity contribution in [3.8, 4) is 0 Å². The molecular formula is C19H30N4O2. The van der Waals surface area contributed by atoms with Crippen LogP contribution in [0.25, 0.3) is 0 Å². The van der Waals surface area contributed by atoms with Gasteiger partial charge < -0.3 is 19.9 Å². The molecule has 2 aliphatic heterocycles. The van der Waals surface area contributed by atoms with Crippen LogP contribution in [0.15, 0.2) is 12.1 Å². The SMILES string of the molecule is COC1(C)CCCN(C(=O)NCc2cc(C)nc(N3CCCC3)c2)C1. The topological polar surface area (TPSA) is 57.7 Å². The second-order valence-electron chi connectivity index (χ2n) is 7.51. The Hall–Kier alpha value is -1.82. The third-order valence-electron chi connectivity index (χ3n) is 5.31. The lowest BCUT2D eigenvalue weighted by Crippen LogP contribution is -2.52. The first-order valence-electron chi connectivity index (χ1n) is 9.29. The highest BCUT2D eigenvalue weighted by Gasteiger charge is 2.32. The van der Waals surface area contributed by atoms with Gasteiger partial charge in [0.25, 0.3) is 0 Å². The lowest BCUT2D eigenvalue weighted by atomic mass is 9.95. The van der Waals surface area contributed by atoms with Crippen LogP contribution in [0, 0.1) is 6.92 Å². The van der Waals surface area contributed by atoms with E-state index in [1.54, 1.807) is 7.11 Å². The van der Waals surface area contributed by atoms with E-state index >= 15 is 0 Å². The van der Waals surface area contributed by atoms with Gasteiger partial charge in [-0.3, -0.25) is 0 Å². The van der Waals surface area contributed by atoms with Crippen LogP contribution in [0.3, 0.4) is 0 Å². The Labute approximate surface area is 150 Å². The third kappa shape index (κ3) is 4.42.